The number of rotatable bonds is 9. The molecule has 0 bridgehead atoms. The van der Waals surface area contributed by atoms with Crippen molar-refractivity contribution in [2.24, 2.45) is 0 Å². The van der Waals surface area contributed by atoms with Gasteiger partial charge in [-0.15, -0.1) is 0 Å². The molecule has 10 heteroatoms. The van der Waals surface area contributed by atoms with Crippen molar-refractivity contribution in [1.29, 1.82) is 0 Å². The zero-order chi connectivity index (χ0) is 23.4. The van der Waals surface area contributed by atoms with Crippen molar-refractivity contribution in [3.63, 3.8) is 0 Å². The number of carbonyl (C=O) groups excluding carboxylic acids is 1. The zero-order valence-corrected chi connectivity index (χ0v) is 20.5. The number of pyridine rings is 1. The average molecular weight is 492 g/mol. The van der Waals surface area contributed by atoms with Crippen LogP contribution in [0.5, 0.6) is 11.5 Å². The summed E-state index contributed by atoms with van der Waals surface area (Å²) in [5, 5.41) is 3.52. The highest BCUT2D eigenvalue weighted by molar-refractivity contribution is 7.99. The number of aromatic nitrogens is 1. The van der Waals surface area contributed by atoms with Crippen LogP contribution in [0.4, 0.5) is 0 Å². The topological polar surface area (TPSA) is 97.8 Å². The number of sulfonamides is 1. The van der Waals surface area contributed by atoms with Crippen LogP contribution in [0.2, 0.25) is 0 Å². The van der Waals surface area contributed by atoms with Gasteiger partial charge in [0.2, 0.25) is 15.9 Å². The van der Waals surface area contributed by atoms with Gasteiger partial charge in [-0.1, -0.05) is 11.8 Å². The fourth-order valence-corrected chi connectivity index (χ4v) is 6.11. The summed E-state index contributed by atoms with van der Waals surface area (Å²) >= 11 is 1.26. The Balaban J connectivity index is 1.31. The van der Waals surface area contributed by atoms with Crippen molar-refractivity contribution in [1.82, 2.24) is 14.6 Å². The number of ether oxygens (including phenoxy) is 2. The third-order valence-electron chi connectivity index (χ3n) is 5.62. The first-order valence-corrected chi connectivity index (χ1v) is 13.6. The molecule has 0 spiro atoms. The molecule has 2 aliphatic heterocycles. The van der Waals surface area contributed by atoms with Crippen molar-refractivity contribution in [2.75, 3.05) is 25.4 Å². The van der Waals surface area contributed by atoms with Gasteiger partial charge in [-0.3, -0.25) is 4.79 Å². The summed E-state index contributed by atoms with van der Waals surface area (Å²) in [6.45, 7) is 5.95. The molecule has 0 saturated carbocycles. The molecule has 0 radical (unpaired) electrons. The zero-order valence-electron chi connectivity index (χ0n) is 18.9. The van der Waals surface area contributed by atoms with Crippen LogP contribution in [0.1, 0.15) is 37.8 Å². The van der Waals surface area contributed by atoms with E-state index >= 15 is 0 Å². The van der Waals surface area contributed by atoms with Crippen LogP contribution in [0.3, 0.4) is 0 Å². The van der Waals surface area contributed by atoms with Crippen molar-refractivity contribution >= 4 is 27.7 Å². The van der Waals surface area contributed by atoms with E-state index in [9.17, 15) is 13.2 Å². The van der Waals surface area contributed by atoms with Gasteiger partial charge in [-0.25, -0.2) is 13.4 Å². The molecule has 4 rings (SSSR count). The van der Waals surface area contributed by atoms with E-state index in [4.69, 9.17) is 9.47 Å². The number of hydrogen-bond donors (Lipinski definition) is 1. The smallest absolute Gasteiger partial charge is 0.244 e. The van der Waals surface area contributed by atoms with E-state index in [0.29, 0.717) is 31.3 Å². The molecule has 1 N–H and O–H groups in total. The van der Waals surface area contributed by atoms with Gasteiger partial charge in [0.15, 0.2) is 0 Å². The van der Waals surface area contributed by atoms with Crippen LogP contribution < -0.4 is 14.8 Å². The van der Waals surface area contributed by atoms with E-state index in [2.05, 4.69) is 10.3 Å². The minimum atomic E-state index is -3.48. The molecule has 1 aromatic heterocycles. The maximum Gasteiger partial charge on any atom is 0.244 e. The quantitative estimate of drug-likeness (QED) is 0.539. The second kappa shape index (κ2) is 10.3. The summed E-state index contributed by atoms with van der Waals surface area (Å²) in [5.41, 5.74) is 2.00. The minimum absolute atomic E-state index is 0.139. The molecule has 2 aromatic rings. The Morgan fingerprint density at radius 1 is 1.30 bits per heavy atom. The highest BCUT2D eigenvalue weighted by atomic mass is 32.2. The summed E-state index contributed by atoms with van der Waals surface area (Å²) in [5.74, 6) is 1.64. The van der Waals surface area contributed by atoms with E-state index in [1.807, 2.05) is 26.0 Å². The number of thioether (sulfide) groups is 1. The summed E-state index contributed by atoms with van der Waals surface area (Å²) in [4.78, 5) is 16.8. The Bertz CT molecular complexity index is 1100. The highest BCUT2D eigenvalue weighted by Gasteiger charge is 2.27. The maximum atomic E-state index is 12.6. The standard InChI is InChI=1S/C23H29N3O5S2/c1-3-30-20-11-17-10-16(2)31-21(17)12-18(20)13-24-22(27)15-32-23-7-6-19(14-25-23)33(28,29)26-8-4-5-9-26/h6-7,11-12,14,16H,3-5,8-10,13,15H2,1-2H3,(H,24,27)/t16-/m1/s1. The number of nitrogens with zero attached hydrogens (tertiary/aromatic N) is 2. The number of benzene rings is 1. The average Bonchev–Trinajstić information content (AvgIpc) is 3.46. The summed E-state index contributed by atoms with van der Waals surface area (Å²) in [6.07, 6.45) is 4.14. The number of nitrogens with one attached hydrogen (secondary N) is 1. The Morgan fingerprint density at radius 3 is 2.79 bits per heavy atom. The normalized spacial score (nSPS) is 18.1. The molecule has 1 saturated heterocycles. The first-order valence-electron chi connectivity index (χ1n) is 11.2. The molecule has 1 fully saturated rings. The lowest BCUT2D eigenvalue weighted by Gasteiger charge is -2.15. The lowest BCUT2D eigenvalue weighted by atomic mass is 10.1. The SMILES string of the molecule is CCOc1cc2c(cc1CNC(=O)CSc1ccc(S(=O)(=O)N3CCCC3)cn1)O[C@H](C)C2. The van der Waals surface area contributed by atoms with E-state index in [1.54, 1.807) is 12.1 Å². The molecule has 33 heavy (non-hydrogen) atoms. The van der Waals surface area contributed by atoms with Crippen LogP contribution in [0.25, 0.3) is 0 Å². The second-order valence-electron chi connectivity index (χ2n) is 8.14. The van der Waals surface area contributed by atoms with Crippen molar-refractivity contribution in [2.45, 2.75) is 55.7 Å². The Kier molecular flexibility index (Phi) is 7.45. The van der Waals surface area contributed by atoms with E-state index in [-0.39, 0.29) is 22.7 Å². The van der Waals surface area contributed by atoms with E-state index < -0.39 is 10.0 Å². The van der Waals surface area contributed by atoms with Gasteiger partial charge in [-0.2, -0.15) is 4.31 Å². The highest BCUT2D eigenvalue weighted by Crippen LogP contribution is 2.35. The molecular formula is C23H29N3O5S2. The largest absolute Gasteiger partial charge is 0.494 e. The van der Waals surface area contributed by atoms with Crippen molar-refractivity contribution < 1.29 is 22.7 Å². The fraction of sp³-hybridized carbons (Fsp3) is 0.478. The molecule has 1 amide bonds. The van der Waals surface area contributed by atoms with Gasteiger partial charge in [0.25, 0.3) is 0 Å². The number of fused-ring (bicyclic) bond motifs is 1. The first-order chi connectivity index (χ1) is 15.9. The van der Waals surface area contributed by atoms with Crippen LogP contribution in [0.15, 0.2) is 40.4 Å². The predicted molar refractivity (Wildman–Crippen MR) is 126 cm³/mol. The van der Waals surface area contributed by atoms with Gasteiger partial charge in [-0.05, 0) is 51.0 Å². The van der Waals surface area contributed by atoms with Crippen LogP contribution in [-0.2, 0) is 27.8 Å². The van der Waals surface area contributed by atoms with Crippen molar-refractivity contribution in [3.05, 3.63) is 41.6 Å². The monoisotopic (exact) mass is 491 g/mol. The number of carbonyl (C=O) groups is 1. The third kappa shape index (κ3) is 5.62. The molecular weight excluding hydrogens is 462 g/mol. The third-order valence-corrected chi connectivity index (χ3v) is 8.44. The second-order valence-corrected chi connectivity index (χ2v) is 11.1. The van der Waals surface area contributed by atoms with Crippen LogP contribution in [-0.4, -0.2) is 55.2 Å². The first kappa shape index (κ1) is 23.8. The summed E-state index contributed by atoms with van der Waals surface area (Å²) in [6, 6.07) is 7.15. The lowest BCUT2D eigenvalue weighted by molar-refractivity contribution is -0.118. The Labute approximate surface area is 199 Å². The van der Waals surface area contributed by atoms with Crippen LogP contribution in [0, 0.1) is 0 Å². The summed E-state index contributed by atoms with van der Waals surface area (Å²) in [7, 11) is -3.48. The summed E-state index contributed by atoms with van der Waals surface area (Å²) < 4.78 is 38.3. The number of hydrogen-bond acceptors (Lipinski definition) is 7. The van der Waals surface area contributed by atoms with E-state index in [1.165, 1.54) is 22.3 Å². The van der Waals surface area contributed by atoms with Gasteiger partial charge in [0.05, 0.1) is 17.4 Å². The maximum absolute atomic E-state index is 12.6. The Morgan fingerprint density at radius 2 is 2.09 bits per heavy atom. The van der Waals surface area contributed by atoms with Gasteiger partial charge >= 0.3 is 0 Å². The predicted octanol–water partition coefficient (Wildman–Crippen LogP) is 3.00. The fourth-order valence-electron chi connectivity index (χ4n) is 3.98. The van der Waals surface area contributed by atoms with Gasteiger partial charge in [0, 0.05) is 43.4 Å². The van der Waals surface area contributed by atoms with Crippen molar-refractivity contribution in [3.8, 4) is 11.5 Å². The molecule has 8 nitrogen and oxygen atoms in total. The molecule has 3 heterocycles. The molecule has 1 aromatic carbocycles. The molecule has 1 atom stereocenters. The molecule has 0 aliphatic carbocycles. The lowest BCUT2D eigenvalue weighted by Crippen LogP contribution is -2.27. The minimum Gasteiger partial charge on any atom is -0.494 e. The Hall–Kier alpha value is -2.30. The molecule has 0 unspecified atom stereocenters. The van der Waals surface area contributed by atoms with E-state index in [0.717, 1.165) is 41.9 Å². The molecule has 178 valence electrons. The van der Waals surface area contributed by atoms with Gasteiger partial charge in [0.1, 0.15) is 22.5 Å². The van der Waals surface area contributed by atoms with Crippen LogP contribution >= 0.6 is 11.8 Å². The van der Waals surface area contributed by atoms with Gasteiger partial charge < -0.3 is 14.8 Å². The number of amides is 1. The molecule has 2 aliphatic rings.